The van der Waals surface area contributed by atoms with Crippen LogP contribution in [-0.4, -0.2) is 17.7 Å². The molecule has 1 N–H and O–H groups in total. The van der Waals surface area contributed by atoms with Crippen LogP contribution in [0.3, 0.4) is 0 Å². The Bertz CT molecular complexity index is 407. The molecule has 0 heterocycles. The van der Waals surface area contributed by atoms with Gasteiger partial charge in [0, 0.05) is 5.56 Å². The summed E-state index contributed by atoms with van der Waals surface area (Å²) in [5, 5.41) is 8.59. The fraction of sp³-hybridized carbons (Fsp3) is 0.182. The van der Waals surface area contributed by atoms with Crippen LogP contribution < -0.4 is 0 Å². The highest BCUT2D eigenvalue weighted by Crippen LogP contribution is 2.11. The minimum Gasteiger partial charge on any atom is -0.478 e. The number of hydrogen-bond donors (Lipinski definition) is 1. The summed E-state index contributed by atoms with van der Waals surface area (Å²) in [7, 11) is 0. The third-order valence-corrected chi connectivity index (χ3v) is 1.74. The molecule has 0 radical (unpaired) electrons. The largest absolute Gasteiger partial charge is 0.478 e. The highest BCUT2D eigenvalue weighted by Gasteiger charge is 2.07. The van der Waals surface area contributed by atoms with E-state index in [0.29, 0.717) is 0 Å². The molecule has 3 nitrogen and oxygen atoms in total. The molecule has 4 heteroatoms. The van der Waals surface area contributed by atoms with Gasteiger partial charge in [-0.25, -0.2) is 9.18 Å². The van der Waals surface area contributed by atoms with E-state index in [2.05, 4.69) is 5.92 Å². The molecule has 78 valence electrons. The summed E-state index contributed by atoms with van der Waals surface area (Å²) in [4.78, 5) is 10.5. The number of hydrogen-bond acceptors (Lipinski definition) is 2. The predicted octanol–water partition coefficient (Wildman–Crippen LogP) is 1.67. The Balaban J connectivity index is 2.76. The third kappa shape index (κ3) is 3.08. The Kier molecular flexibility index (Phi) is 3.83. The molecule has 0 saturated heterocycles. The molecule has 0 saturated carbocycles. The van der Waals surface area contributed by atoms with E-state index in [0.717, 1.165) is 6.07 Å². The van der Waals surface area contributed by atoms with Gasteiger partial charge < -0.3 is 9.84 Å². The minimum absolute atomic E-state index is 0.0376. The van der Waals surface area contributed by atoms with Crippen LogP contribution in [0.4, 0.5) is 4.39 Å². The fourth-order valence-corrected chi connectivity index (χ4v) is 1.02. The first-order chi connectivity index (χ1) is 7.15. The second kappa shape index (κ2) is 5.13. The van der Waals surface area contributed by atoms with Gasteiger partial charge in [-0.05, 0) is 12.1 Å². The topological polar surface area (TPSA) is 46.5 Å². The van der Waals surface area contributed by atoms with Gasteiger partial charge in [0.05, 0.1) is 12.2 Å². The number of terminal acetylenes is 1. The number of halogens is 1. The Hall–Kier alpha value is -1.86. The van der Waals surface area contributed by atoms with Crippen LogP contribution in [0.25, 0.3) is 0 Å². The number of rotatable bonds is 4. The average molecular weight is 208 g/mol. The van der Waals surface area contributed by atoms with E-state index in [1.165, 1.54) is 12.1 Å². The van der Waals surface area contributed by atoms with Crippen molar-refractivity contribution >= 4 is 5.97 Å². The Morgan fingerprint density at radius 3 is 2.87 bits per heavy atom. The lowest BCUT2D eigenvalue weighted by atomic mass is 10.1. The van der Waals surface area contributed by atoms with Crippen LogP contribution >= 0.6 is 0 Å². The normalized spacial score (nSPS) is 9.60. The molecule has 0 aromatic heterocycles. The van der Waals surface area contributed by atoms with Gasteiger partial charge in [0.15, 0.2) is 0 Å². The second-order valence-corrected chi connectivity index (χ2v) is 2.81. The minimum atomic E-state index is -1.16. The molecule has 1 rings (SSSR count). The Morgan fingerprint density at radius 2 is 2.33 bits per heavy atom. The summed E-state index contributed by atoms with van der Waals surface area (Å²) in [5.74, 6) is 0.481. The molecule has 0 aliphatic heterocycles. The van der Waals surface area contributed by atoms with Crippen LogP contribution in [0, 0.1) is 18.2 Å². The van der Waals surface area contributed by atoms with E-state index < -0.39 is 11.8 Å². The van der Waals surface area contributed by atoms with Crippen LogP contribution in [0.1, 0.15) is 15.9 Å². The van der Waals surface area contributed by atoms with Crippen LogP contribution in [0.15, 0.2) is 18.2 Å². The highest BCUT2D eigenvalue weighted by molar-refractivity contribution is 5.87. The van der Waals surface area contributed by atoms with Crippen molar-refractivity contribution in [2.24, 2.45) is 0 Å². The summed E-state index contributed by atoms with van der Waals surface area (Å²) in [6.07, 6.45) is 4.95. The van der Waals surface area contributed by atoms with Crippen molar-refractivity contribution in [1.82, 2.24) is 0 Å². The van der Waals surface area contributed by atoms with Gasteiger partial charge in [-0.2, -0.15) is 0 Å². The van der Waals surface area contributed by atoms with Gasteiger partial charge in [0.1, 0.15) is 12.4 Å². The number of benzene rings is 1. The number of carboxylic acids is 1. The number of carboxylic acid groups (broad SMARTS) is 1. The lowest BCUT2D eigenvalue weighted by Crippen LogP contribution is -2.01. The highest BCUT2D eigenvalue weighted by atomic mass is 19.1. The van der Waals surface area contributed by atoms with Crippen LogP contribution in [-0.2, 0) is 11.3 Å². The molecule has 0 aliphatic carbocycles. The van der Waals surface area contributed by atoms with Gasteiger partial charge in [-0.3, -0.25) is 0 Å². The van der Waals surface area contributed by atoms with Crippen LogP contribution in [0.2, 0.25) is 0 Å². The molecule has 1 aromatic carbocycles. The molecular weight excluding hydrogens is 199 g/mol. The molecule has 0 bridgehead atoms. The van der Waals surface area contributed by atoms with Crippen molar-refractivity contribution in [3.8, 4) is 12.3 Å². The van der Waals surface area contributed by atoms with Crippen LogP contribution in [0.5, 0.6) is 0 Å². The molecule has 0 atom stereocenters. The summed E-state index contributed by atoms with van der Waals surface area (Å²) < 4.78 is 18.2. The van der Waals surface area contributed by atoms with E-state index in [1.807, 2.05) is 0 Å². The average Bonchev–Trinajstić information content (AvgIpc) is 2.20. The fourth-order valence-electron chi connectivity index (χ4n) is 1.02. The van der Waals surface area contributed by atoms with Gasteiger partial charge in [-0.1, -0.05) is 12.0 Å². The molecule has 0 aliphatic rings. The van der Waals surface area contributed by atoms with Crippen molar-refractivity contribution < 1.29 is 19.0 Å². The molecule has 0 amide bonds. The first-order valence-corrected chi connectivity index (χ1v) is 4.18. The molecule has 15 heavy (non-hydrogen) atoms. The maximum absolute atomic E-state index is 13.2. The van der Waals surface area contributed by atoms with E-state index >= 15 is 0 Å². The zero-order valence-electron chi connectivity index (χ0n) is 7.87. The standard InChI is InChI=1S/C11H9FO3/c1-2-5-15-7-9-4-3-8(11(13)14)6-10(9)12/h1,3-4,6H,5,7H2,(H,13,14). The van der Waals surface area contributed by atoms with E-state index in [4.69, 9.17) is 16.3 Å². The van der Waals surface area contributed by atoms with Crippen molar-refractivity contribution in [2.45, 2.75) is 6.61 Å². The molecule has 0 spiro atoms. The summed E-state index contributed by atoms with van der Waals surface area (Å²) in [6.45, 7) is 0.135. The molecule has 1 aromatic rings. The SMILES string of the molecule is C#CCOCc1ccc(C(=O)O)cc1F. The van der Waals surface area contributed by atoms with Gasteiger partial charge >= 0.3 is 5.97 Å². The maximum Gasteiger partial charge on any atom is 0.335 e. The van der Waals surface area contributed by atoms with Crippen molar-refractivity contribution in [3.05, 3.63) is 35.1 Å². The summed E-state index contributed by atoms with van der Waals surface area (Å²) in [5.41, 5.74) is 0.198. The summed E-state index contributed by atoms with van der Waals surface area (Å²) in [6, 6.07) is 3.65. The van der Waals surface area contributed by atoms with Gasteiger partial charge in [0.25, 0.3) is 0 Å². The number of ether oxygens (including phenoxy) is 1. The maximum atomic E-state index is 13.2. The monoisotopic (exact) mass is 208 g/mol. The summed E-state index contributed by atoms with van der Waals surface area (Å²) >= 11 is 0. The smallest absolute Gasteiger partial charge is 0.335 e. The number of aromatic carboxylic acids is 1. The Morgan fingerprint density at radius 1 is 1.60 bits per heavy atom. The van der Waals surface area contributed by atoms with E-state index in [1.54, 1.807) is 0 Å². The Labute approximate surface area is 86.5 Å². The van der Waals surface area contributed by atoms with E-state index in [-0.39, 0.29) is 24.3 Å². The van der Waals surface area contributed by atoms with Crippen molar-refractivity contribution in [1.29, 1.82) is 0 Å². The lowest BCUT2D eigenvalue weighted by molar-refractivity contribution is 0.0696. The molecular formula is C11H9FO3. The first-order valence-electron chi connectivity index (χ1n) is 4.18. The predicted molar refractivity (Wildman–Crippen MR) is 51.8 cm³/mol. The van der Waals surface area contributed by atoms with E-state index in [9.17, 15) is 9.18 Å². The zero-order chi connectivity index (χ0) is 11.3. The number of carbonyl (C=O) groups is 1. The zero-order valence-corrected chi connectivity index (χ0v) is 7.87. The first kappa shape index (κ1) is 11.2. The van der Waals surface area contributed by atoms with Gasteiger partial charge in [0.2, 0.25) is 0 Å². The quantitative estimate of drug-likeness (QED) is 0.604. The molecule has 0 fully saturated rings. The molecule has 0 unspecified atom stereocenters. The van der Waals surface area contributed by atoms with Crippen molar-refractivity contribution in [3.63, 3.8) is 0 Å². The lowest BCUT2D eigenvalue weighted by Gasteiger charge is -2.03. The van der Waals surface area contributed by atoms with Crippen molar-refractivity contribution in [2.75, 3.05) is 6.61 Å². The second-order valence-electron chi connectivity index (χ2n) is 2.81. The van der Waals surface area contributed by atoms with Gasteiger partial charge in [-0.15, -0.1) is 6.42 Å². The third-order valence-electron chi connectivity index (χ3n) is 1.74.